The number of guanidine groups is 1. The van der Waals surface area contributed by atoms with Crippen molar-refractivity contribution >= 4 is 5.96 Å². The van der Waals surface area contributed by atoms with Crippen LogP contribution in [0, 0.1) is 0 Å². The molecule has 0 aliphatic rings. The van der Waals surface area contributed by atoms with E-state index in [-0.39, 0.29) is 5.75 Å². The summed E-state index contributed by atoms with van der Waals surface area (Å²) < 4.78 is 7.21. The highest BCUT2D eigenvalue weighted by Gasteiger charge is 2.03. The smallest absolute Gasteiger partial charge is 0.191 e. The van der Waals surface area contributed by atoms with Crippen LogP contribution in [0.2, 0.25) is 0 Å². The minimum atomic E-state index is 0.245. The number of phenols is 1. The van der Waals surface area contributed by atoms with Gasteiger partial charge in [0.05, 0.1) is 7.11 Å². The average molecular weight is 330 g/mol. The number of aromatic hydroxyl groups is 1. The Morgan fingerprint density at radius 3 is 2.71 bits per heavy atom. The number of benzene rings is 1. The molecule has 24 heavy (non-hydrogen) atoms. The summed E-state index contributed by atoms with van der Waals surface area (Å²) in [5.41, 5.74) is 0.864. The molecule has 0 aliphatic heterocycles. The molecular formula is C18H26N4O2. The summed E-state index contributed by atoms with van der Waals surface area (Å²) in [4.78, 5) is 4.55. The molecule has 0 bridgehead atoms. The van der Waals surface area contributed by atoms with E-state index in [4.69, 9.17) is 4.74 Å². The van der Waals surface area contributed by atoms with E-state index in [2.05, 4.69) is 20.2 Å². The van der Waals surface area contributed by atoms with Gasteiger partial charge in [0, 0.05) is 44.6 Å². The van der Waals surface area contributed by atoms with Crippen LogP contribution in [0.15, 0.2) is 47.7 Å². The first-order valence-corrected chi connectivity index (χ1v) is 8.21. The van der Waals surface area contributed by atoms with Crippen LogP contribution in [0.3, 0.4) is 0 Å². The molecule has 1 heterocycles. The van der Waals surface area contributed by atoms with Crippen molar-refractivity contribution in [3.05, 3.63) is 48.3 Å². The second kappa shape index (κ2) is 9.50. The van der Waals surface area contributed by atoms with E-state index in [0.29, 0.717) is 18.7 Å². The first-order valence-electron chi connectivity index (χ1n) is 8.21. The first kappa shape index (κ1) is 17.7. The molecule has 3 N–H and O–H groups in total. The zero-order valence-electron chi connectivity index (χ0n) is 14.3. The van der Waals surface area contributed by atoms with Crippen LogP contribution < -0.4 is 15.4 Å². The monoisotopic (exact) mass is 330 g/mol. The Morgan fingerprint density at radius 2 is 2.04 bits per heavy atom. The Balaban J connectivity index is 1.83. The first-order chi connectivity index (χ1) is 11.7. The Bertz CT molecular complexity index is 638. The molecule has 0 atom stereocenters. The Morgan fingerprint density at radius 1 is 1.25 bits per heavy atom. The second-order valence-electron chi connectivity index (χ2n) is 5.35. The van der Waals surface area contributed by atoms with E-state index in [1.54, 1.807) is 13.2 Å². The number of aromatic nitrogens is 1. The van der Waals surface area contributed by atoms with Gasteiger partial charge >= 0.3 is 0 Å². The molecule has 0 radical (unpaired) electrons. The summed E-state index contributed by atoms with van der Waals surface area (Å²) in [7, 11) is 1.58. The van der Waals surface area contributed by atoms with Crippen molar-refractivity contribution in [2.45, 2.75) is 19.9 Å². The number of nitrogens with one attached hydrogen (secondary N) is 2. The van der Waals surface area contributed by atoms with Crippen molar-refractivity contribution < 1.29 is 9.84 Å². The molecule has 2 rings (SSSR count). The molecule has 6 nitrogen and oxygen atoms in total. The van der Waals surface area contributed by atoms with Gasteiger partial charge in [-0.2, -0.15) is 0 Å². The zero-order valence-corrected chi connectivity index (χ0v) is 14.3. The number of nitrogens with zero attached hydrogens (tertiary/aromatic N) is 2. The number of hydrogen-bond donors (Lipinski definition) is 3. The molecule has 0 unspecified atom stereocenters. The van der Waals surface area contributed by atoms with Crippen molar-refractivity contribution in [2.75, 3.05) is 26.7 Å². The highest BCUT2D eigenvalue weighted by atomic mass is 16.5. The van der Waals surface area contributed by atoms with Gasteiger partial charge < -0.3 is 25.0 Å². The number of methoxy groups -OCH3 is 1. The summed E-state index contributed by atoms with van der Waals surface area (Å²) >= 11 is 0. The molecule has 0 amide bonds. The summed E-state index contributed by atoms with van der Waals surface area (Å²) in [6.07, 6.45) is 4.75. The van der Waals surface area contributed by atoms with Gasteiger partial charge in [-0.1, -0.05) is 6.07 Å². The van der Waals surface area contributed by atoms with Crippen LogP contribution in [0.5, 0.6) is 11.5 Å². The zero-order chi connectivity index (χ0) is 17.2. The standard InChI is InChI=1S/C18H26N4O2/c1-3-19-18(21-10-13-22-11-4-5-12-22)20-9-8-15-6-7-16(24-2)14-17(15)23/h4-7,11-12,14,23H,3,8-10,13H2,1-2H3,(H2,19,20,21). The van der Waals surface area contributed by atoms with Crippen molar-refractivity contribution in [1.82, 2.24) is 15.2 Å². The predicted octanol–water partition coefficient (Wildman–Crippen LogP) is 2.00. The molecular weight excluding hydrogens is 304 g/mol. The van der Waals surface area contributed by atoms with E-state index in [0.717, 1.165) is 31.2 Å². The quantitative estimate of drug-likeness (QED) is 0.511. The number of aliphatic imine (C=N–C) groups is 1. The fourth-order valence-electron chi connectivity index (χ4n) is 2.33. The minimum Gasteiger partial charge on any atom is -0.508 e. The third kappa shape index (κ3) is 5.53. The van der Waals surface area contributed by atoms with Gasteiger partial charge in [0.2, 0.25) is 0 Å². The lowest BCUT2D eigenvalue weighted by Gasteiger charge is -2.12. The van der Waals surface area contributed by atoms with Gasteiger partial charge in [0.15, 0.2) is 5.96 Å². The van der Waals surface area contributed by atoms with Gasteiger partial charge in [0.25, 0.3) is 0 Å². The van der Waals surface area contributed by atoms with Crippen molar-refractivity contribution in [1.29, 1.82) is 0 Å². The van der Waals surface area contributed by atoms with Gasteiger partial charge in [-0.05, 0) is 37.1 Å². The fourth-order valence-corrected chi connectivity index (χ4v) is 2.33. The third-order valence-electron chi connectivity index (χ3n) is 3.62. The van der Waals surface area contributed by atoms with Crippen LogP contribution >= 0.6 is 0 Å². The normalized spacial score (nSPS) is 11.3. The van der Waals surface area contributed by atoms with Gasteiger partial charge in [0.1, 0.15) is 11.5 Å². The Kier molecular flexibility index (Phi) is 7.01. The second-order valence-corrected chi connectivity index (χ2v) is 5.35. The van der Waals surface area contributed by atoms with E-state index >= 15 is 0 Å². The van der Waals surface area contributed by atoms with Crippen LogP contribution in [-0.2, 0) is 13.0 Å². The summed E-state index contributed by atoms with van der Waals surface area (Å²) in [5.74, 6) is 1.69. The van der Waals surface area contributed by atoms with E-state index in [1.807, 2.05) is 43.6 Å². The molecule has 0 saturated carbocycles. The molecule has 1 aromatic carbocycles. The molecule has 0 spiro atoms. The largest absolute Gasteiger partial charge is 0.508 e. The predicted molar refractivity (Wildman–Crippen MR) is 96.8 cm³/mol. The van der Waals surface area contributed by atoms with E-state index in [1.165, 1.54) is 0 Å². The van der Waals surface area contributed by atoms with Crippen molar-refractivity contribution in [3.63, 3.8) is 0 Å². The number of phenolic OH excluding ortho intramolecular Hbond substituents is 1. The fraction of sp³-hybridized carbons (Fsp3) is 0.389. The highest BCUT2D eigenvalue weighted by molar-refractivity contribution is 5.79. The van der Waals surface area contributed by atoms with E-state index < -0.39 is 0 Å². The maximum absolute atomic E-state index is 9.98. The van der Waals surface area contributed by atoms with Crippen LogP contribution in [0.1, 0.15) is 12.5 Å². The lowest BCUT2D eigenvalue weighted by Crippen LogP contribution is -2.39. The van der Waals surface area contributed by atoms with Crippen LogP contribution in [0.25, 0.3) is 0 Å². The summed E-state index contributed by atoms with van der Waals surface area (Å²) in [5, 5.41) is 16.5. The van der Waals surface area contributed by atoms with Gasteiger partial charge in [-0.25, -0.2) is 0 Å². The lowest BCUT2D eigenvalue weighted by atomic mass is 10.1. The summed E-state index contributed by atoms with van der Waals surface area (Å²) in [6, 6.07) is 9.37. The number of rotatable bonds is 8. The lowest BCUT2D eigenvalue weighted by molar-refractivity contribution is 0.406. The Labute approximate surface area is 143 Å². The van der Waals surface area contributed by atoms with E-state index in [9.17, 15) is 5.11 Å². The van der Waals surface area contributed by atoms with Crippen molar-refractivity contribution in [2.24, 2.45) is 4.99 Å². The van der Waals surface area contributed by atoms with Gasteiger partial charge in [-0.3, -0.25) is 4.99 Å². The van der Waals surface area contributed by atoms with Crippen LogP contribution in [-0.4, -0.2) is 42.4 Å². The number of hydrogen-bond acceptors (Lipinski definition) is 3. The molecule has 1 aromatic heterocycles. The molecule has 6 heteroatoms. The Hall–Kier alpha value is -2.63. The highest BCUT2D eigenvalue weighted by Crippen LogP contribution is 2.23. The SMILES string of the molecule is CCNC(=NCCc1ccc(OC)cc1O)NCCn1cccc1. The minimum absolute atomic E-state index is 0.245. The maximum Gasteiger partial charge on any atom is 0.191 e. The average Bonchev–Trinajstić information content (AvgIpc) is 3.09. The van der Waals surface area contributed by atoms with Crippen LogP contribution in [0.4, 0.5) is 0 Å². The number of ether oxygens (including phenoxy) is 1. The summed E-state index contributed by atoms with van der Waals surface area (Å²) in [6.45, 7) is 5.13. The molecule has 130 valence electrons. The molecule has 2 aromatic rings. The molecule has 0 fully saturated rings. The van der Waals surface area contributed by atoms with Crippen molar-refractivity contribution in [3.8, 4) is 11.5 Å². The topological polar surface area (TPSA) is 70.8 Å². The molecule has 0 aliphatic carbocycles. The maximum atomic E-state index is 9.98. The van der Waals surface area contributed by atoms with Gasteiger partial charge in [-0.15, -0.1) is 0 Å². The third-order valence-corrected chi connectivity index (χ3v) is 3.62. The molecule has 0 saturated heterocycles.